The van der Waals surface area contributed by atoms with E-state index >= 15 is 0 Å². The minimum absolute atomic E-state index is 0.156. The zero-order chi connectivity index (χ0) is 11.7. The molecule has 0 aliphatic carbocycles. The van der Waals surface area contributed by atoms with Gasteiger partial charge in [0.2, 0.25) is 0 Å². The van der Waals surface area contributed by atoms with Crippen LogP contribution in [-0.4, -0.2) is 24.0 Å². The number of hydrogen-bond donors (Lipinski definition) is 1. The van der Waals surface area contributed by atoms with Gasteiger partial charge in [0.15, 0.2) is 0 Å². The van der Waals surface area contributed by atoms with Crippen LogP contribution in [0.15, 0.2) is 18.2 Å². The van der Waals surface area contributed by atoms with Gasteiger partial charge in [-0.25, -0.2) is 8.78 Å². The maximum Gasteiger partial charge on any atom is 0.130 e. The monoisotopic (exact) mass is 226 g/mol. The van der Waals surface area contributed by atoms with Gasteiger partial charge in [0, 0.05) is 37.3 Å². The van der Waals surface area contributed by atoms with Gasteiger partial charge in [-0.3, -0.25) is 4.90 Å². The van der Waals surface area contributed by atoms with Crippen molar-refractivity contribution in [2.75, 3.05) is 13.1 Å². The van der Waals surface area contributed by atoms with Gasteiger partial charge >= 0.3 is 0 Å². The van der Waals surface area contributed by atoms with E-state index in [1.54, 1.807) is 0 Å². The molecule has 1 aromatic rings. The van der Waals surface area contributed by atoms with Gasteiger partial charge in [0.1, 0.15) is 11.6 Å². The van der Waals surface area contributed by atoms with E-state index in [0.29, 0.717) is 18.0 Å². The molecule has 2 N–H and O–H groups in total. The minimum atomic E-state index is -0.534. The van der Waals surface area contributed by atoms with E-state index in [1.165, 1.54) is 12.1 Å². The van der Waals surface area contributed by atoms with Crippen molar-refractivity contribution in [3.05, 3.63) is 35.4 Å². The maximum atomic E-state index is 13.4. The van der Waals surface area contributed by atoms with Crippen LogP contribution in [-0.2, 0) is 6.54 Å². The second kappa shape index (κ2) is 4.47. The van der Waals surface area contributed by atoms with Crippen molar-refractivity contribution in [3.8, 4) is 0 Å². The van der Waals surface area contributed by atoms with Gasteiger partial charge < -0.3 is 5.73 Å². The van der Waals surface area contributed by atoms with Crippen LogP contribution in [0.2, 0.25) is 0 Å². The van der Waals surface area contributed by atoms with Crippen molar-refractivity contribution in [3.63, 3.8) is 0 Å². The van der Waals surface area contributed by atoms with Crippen LogP contribution in [0.3, 0.4) is 0 Å². The highest BCUT2D eigenvalue weighted by Gasteiger charge is 2.26. The summed E-state index contributed by atoms with van der Waals surface area (Å²) in [5, 5.41) is 0. The van der Waals surface area contributed by atoms with Crippen molar-refractivity contribution in [2.45, 2.75) is 19.5 Å². The molecule has 2 rings (SSSR count). The van der Waals surface area contributed by atoms with Gasteiger partial charge in [0.25, 0.3) is 0 Å². The summed E-state index contributed by atoms with van der Waals surface area (Å²) < 4.78 is 26.1. The molecule has 16 heavy (non-hydrogen) atoms. The first kappa shape index (κ1) is 11.5. The summed E-state index contributed by atoms with van der Waals surface area (Å²) in [4.78, 5) is 2.10. The molecule has 1 fully saturated rings. The lowest BCUT2D eigenvalue weighted by Crippen LogP contribution is -2.28. The van der Waals surface area contributed by atoms with Gasteiger partial charge in [-0.05, 0) is 12.0 Å². The molecule has 4 heteroatoms. The van der Waals surface area contributed by atoms with Gasteiger partial charge in [0.05, 0.1) is 0 Å². The van der Waals surface area contributed by atoms with Crippen LogP contribution in [0.1, 0.15) is 12.5 Å². The molecule has 1 aromatic carbocycles. The quantitative estimate of drug-likeness (QED) is 0.832. The number of benzene rings is 1. The van der Waals surface area contributed by atoms with Crippen molar-refractivity contribution in [1.82, 2.24) is 4.90 Å². The zero-order valence-corrected chi connectivity index (χ0v) is 9.29. The summed E-state index contributed by atoms with van der Waals surface area (Å²) in [6, 6.07) is 3.87. The molecule has 0 saturated carbocycles. The molecule has 88 valence electrons. The molecule has 1 aliphatic rings. The summed E-state index contributed by atoms with van der Waals surface area (Å²) in [6.07, 6.45) is 0. The van der Waals surface area contributed by atoms with Crippen LogP contribution >= 0.6 is 0 Å². The Labute approximate surface area is 94.0 Å². The smallest absolute Gasteiger partial charge is 0.130 e. The number of nitrogens with two attached hydrogens (primary N) is 1. The number of halogens is 2. The Morgan fingerprint density at radius 1 is 1.38 bits per heavy atom. The van der Waals surface area contributed by atoms with Crippen LogP contribution in [0, 0.1) is 17.6 Å². The van der Waals surface area contributed by atoms with Crippen molar-refractivity contribution in [1.29, 1.82) is 0 Å². The first-order chi connectivity index (χ1) is 7.56. The standard InChI is InChI=1S/C12H16F2N2/c1-8-5-16(7-12(8)15)6-9-2-3-10(13)4-11(9)14/h2-4,8,12H,5-7,15H2,1H3. The van der Waals surface area contributed by atoms with Crippen LogP contribution in [0.4, 0.5) is 8.78 Å². The molecule has 0 bridgehead atoms. The molecule has 1 saturated heterocycles. The Hall–Kier alpha value is -1.00. The lowest BCUT2D eigenvalue weighted by molar-refractivity contribution is 0.313. The Morgan fingerprint density at radius 2 is 2.12 bits per heavy atom. The SMILES string of the molecule is CC1CN(Cc2ccc(F)cc2F)CC1N. The van der Waals surface area contributed by atoms with E-state index in [1.807, 2.05) is 0 Å². The zero-order valence-electron chi connectivity index (χ0n) is 9.29. The van der Waals surface area contributed by atoms with E-state index in [4.69, 9.17) is 5.73 Å². The van der Waals surface area contributed by atoms with E-state index < -0.39 is 11.6 Å². The summed E-state index contributed by atoms with van der Waals surface area (Å²) in [5.41, 5.74) is 6.42. The second-order valence-corrected chi connectivity index (χ2v) is 4.57. The number of likely N-dealkylation sites (tertiary alicyclic amines) is 1. The molecule has 0 spiro atoms. The summed E-state index contributed by atoms with van der Waals surface area (Å²) in [5.74, 6) is -0.579. The Morgan fingerprint density at radius 3 is 2.69 bits per heavy atom. The first-order valence-electron chi connectivity index (χ1n) is 5.48. The Bertz CT molecular complexity index is 371. The molecule has 0 amide bonds. The molecular formula is C12H16F2N2. The molecule has 0 aromatic heterocycles. The summed E-state index contributed by atoms with van der Waals surface area (Å²) in [7, 11) is 0. The second-order valence-electron chi connectivity index (χ2n) is 4.57. The van der Waals surface area contributed by atoms with Gasteiger partial charge in [-0.15, -0.1) is 0 Å². The van der Waals surface area contributed by atoms with E-state index in [-0.39, 0.29) is 6.04 Å². The largest absolute Gasteiger partial charge is 0.326 e. The summed E-state index contributed by atoms with van der Waals surface area (Å²) >= 11 is 0. The number of hydrogen-bond acceptors (Lipinski definition) is 2. The van der Waals surface area contributed by atoms with Crippen molar-refractivity contribution in [2.24, 2.45) is 11.7 Å². The molecule has 2 atom stereocenters. The average Bonchev–Trinajstić information content (AvgIpc) is 2.51. The highest BCUT2D eigenvalue weighted by molar-refractivity contribution is 5.18. The normalized spacial score (nSPS) is 26.2. The molecular weight excluding hydrogens is 210 g/mol. The average molecular weight is 226 g/mol. The molecule has 2 unspecified atom stereocenters. The van der Waals surface area contributed by atoms with Gasteiger partial charge in [-0.1, -0.05) is 13.0 Å². The third kappa shape index (κ3) is 2.39. The fraction of sp³-hybridized carbons (Fsp3) is 0.500. The minimum Gasteiger partial charge on any atom is -0.326 e. The Balaban J connectivity index is 2.05. The fourth-order valence-corrected chi connectivity index (χ4v) is 2.12. The first-order valence-corrected chi connectivity index (χ1v) is 5.48. The lowest BCUT2D eigenvalue weighted by atomic mass is 10.1. The lowest BCUT2D eigenvalue weighted by Gasteiger charge is -2.15. The van der Waals surface area contributed by atoms with Crippen LogP contribution in [0.25, 0.3) is 0 Å². The predicted octanol–water partition coefficient (Wildman–Crippen LogP) is 1.74. The highest BCUT2D eigenvalue weighted by Crippen LogP contribution is 2.19. The highest BCUT2D eigenvalue weighted by atomic mass is 19.1. The van der Waals surface area contributed by atoms with Crippen LogP contribution in [0.5, 0.6) is 0 Å². The van der Waals surface area contributed by atoms with E-state index in [0.717, 1.165) is 19.2 Å². The van der Waals surface area contributed by atoms with E-state index in [9.17, 15) is 8.78 Å². The number of nitrogens with zero attached hydrogens (tertiary/aromatic N) is 1. The Kier molecular flexibility index (Phi) is 3.21. The van der Waals surface area contributed by atoms with Crippen molar-refractivity contribution < 1.29 is 8.78 Å². The third-order valence-corrected chi connectivity index (χ3v) is 3.16. The molecule has 1 heterocycles. The third-order valence-electron chi connectivity index (χ3n) is 3.16. The van der Waals surface area contributed by atoms with Crippen molar-refractivity contribution >= 4 is 0 Å². The number of rotatable bonds is 2. The van der Waals surface area contributed by atoms with Crippen LogP contribution < -0.4 is 5.73 Å². The maximum absolute atomic E-state index is 13.4. The van der Waals surface area contributed by atoms with Gasteiger partial charge in [-0.2, -0.15) is 0 Å². The topological polar surface area (TPSA) is 29.3 Å². The summed E-state index contributed by atoms with van der Waals surface area (Å²) in [6.45, 7) is 4.24. The molecule has 1 aliphatic heterocycles. The fourth-order valence-electron chi connectivity index (χ4n) is 2.12. The van der Waals surface area contributed by atoms with E-state index in [2.05, 4.69) is 11.8 Å². The molecule has 0 radical (unpaired) electrons. The molecule has 2 nitrogen and oxygen atoms in total. The predicted molar refractivity (Wildman–Crippen MR) is 58.8 cm³/mol.